The Hall–Kier alpha value is -0.780. The Morgan fingerprint density at radius 3 is 2.46 bits per heavy atom. The van der Waals surface area contributed by atoms with Crippen LogP contribution in [0.25, 0.3) is 0 Å². The van der Waals surface area contributed by atoms with Crippen molar-refractivity contribution >= 4 is 34.2 Å². The fourth-order valence-corrected chi connectivity index (χ4v) is 1.87. The minimum atomic E-state index is -0.404. The number of benzene rings is 1. The largest absolute Gasteiger partial charge is 0.398 e. The van der Waals surface area contributed by atoms with Gasteiger partial charge in [0, 0.05) is 14.8 Å². The number of carbonyl (C=O) groups excluding carboxylic acids is 1. The quantitative estimate of drug-likeness (QED) is 0.609. The monoisotopic (exact) mass is 290 g/mol. The van der Waals surface area contributed by atoms with Crippen LogP contribution in [0.4, 0.5) is 5.69 Å². The second kappa shape index (κ2) is 3.53. The van der Waals surface area contributed by atoms with Crippen molar-refractivity contribution in [1.29, 1.82) is 0 Å². The van der Waals surface area contributed by atoms with Crippen LogP contribution in [0.15, 0.2) is 6.07 Å². The number of hydrogen-bond donors (Lipinski definition) is 2. The molecule has 0 saturated heterocycles. The summed E-state index contributed by atoms with van der Waals surface area (Å²) in [4.78, 5) is 11.0. The van der Waals surface area contributed by atoms with Crippen LogP contribution in [0.1, 0.15) is 21.5 Å². The third-order valence-electron chi connectivity index (χ3n) is 2.02. The molecule has 1 aromatic carbocycles. The molecule has 0 unspecified atom stereocenters. The van der Waals surface area contributed by atoms with Crippen LogP contribution in [0, 0.1) is 17.4 Å². The molecule has 0 heterocycles. The molecule has 1 aromatic rings. The van der Waals surface area contributed by atoms with Crippen molar-refractivity contribution in [1.82, 2.24) is 0 Å². The maximum absolute atomic E-state index is 11.0. The van der Waals surface area contributed by atoms with Gasteiger partial charge in [-0.1, -0.05) is 0 Å². The van der Waals surface area contributed by atoms with Crippen molar-refractivity contribution in [3.8, 4) is 0 Å². The highest BCUT2D eigenvalue weighted by Crippen LogP contribution is 2.25. The summed E-state index contributed by atoms with van der Waals surface area (Å²) in [5.74, 6) is -0.404. The fourth-order valence-electron chi connectivity index (χ4n) is 1.15. The summed E-state index contributed by atoms with van der Waals surface area (Å²) >= 11 is 2.12. The van der Waals surface area contributed by atoms with E-state index in [1.807, 2.05) is 13.8 Å². The van der Waals surface area contributed by atoms with Crippen molar-refractivity contribution < 1.29 is 4.79 Å². The molecular weight excluding hydrogens is 279 g/mol. The molecule has 4 N–H and O–H groups in total. The summed E-state index contributed by atoms with van der Waals surface area (Å²) < 4.78 is 0.909. The Morgan fingerprint density at radius 2 is 2.00 bits per heavy atom. The van der Waals surface area contributed by atoms with Crippen LogP contribution in [0.5, 0.6) is 0 Å². The van der Waals surface area contributed by atoms with Gasteiger partial charge in [0.15, 0.2) is 0 Å². The summed E-state index contributed by atoms with van der Waals surface area (Å²) in [5.41, 5.74) is 14.0. The molecule has 3 nitrogen and oxygen atoms in total. The van der Waals surface area contributed by atoms with E-state index < -0.39 is 5.91 Å². The normalized spacial score (nSPS) is 10.1. The van der Waals surface area contributed by atoms with E-state index in [4.69, 9.17) is 11.5 Å². The standard InChI is InChI=1S/C9H11IN2O/c1-4-3-6(9(12)13)5(2)7(10)8(4)11/h3H,11H2,1-2H3,(H2,12,13). The lowest BCUT2D eigenvalue weighted by Gasteiger charge is -2.09. The highest BCUT2D eigenvalue weighted by molar-refractivity contribution is 14.1. The highest BCUT2D eigenvalue weighted by atomic mass is 127. The van der Waals surface area contributed by atoms with Gasteiger partial charge in [0.05, 0.1) is 0 Å². The topological polar surface area (TPSA) is 69.1 Å². The van der Waals surface area contributed by atoms with E-state index in [2.05, 4.69) is 22.6 Å². The SMILES string of the molecule is Cc1cc(C(N)=O)c(C)c(I)c1N. The predicted octanol–water partition coefficient (Wildman–Crippen LogP) is 1.59. The summed E-state index contributed by atoms with van der Waals surface area (Å²) in [7, 11) is 0. The van der Waals surface area contributed by atoms with Gasteiger partial charge in [0.1, 0.15) is 0 Å². The number of amides is 1. The summed E-state index contributed by atoms with van der Waals surface area (Å²) in [6.07, 6.45) is 0. The smallest absolute Gasteiger partial charge is 0.249 e. The third-order valence-corrected chi connectivity index (χ3v) is 3.41. The number of halogens is 1. The number of anilines is 1. The molecule has 1 rings (SSSR count). The molecule has 0 spiro atoms. The second-order valence-corrected chi connectivity index (χ2v) is 4.04. The maximum Gasteiger partial charge on any atom is 0.249 e. The van der Waals surface area contributed by atoms with E-state index in [1.165, 1.54) is 0 Å². The van der Waals surface area contributed by atoms with Crippen LogP contribution in [-0.2, 0) is 0 Å². The first kappa shape index (κ1) is 10.3. The molecule has 0 atom stereocenters. The van der Waals surface area contributed by atoms with Crippen LogP contribution >= 0.6 is 22.6 Å². The summed E-state index contributed by atoms with van der Waals surface area (Å²) in [5, 5.41) is 0. The maximum atomic E-state index is 11.0. The van der Waals surface area contributed by atoms with E-state index >= 15 is 0 Å². The molecule has 0 saturated carbocycles. The molecule has 0 radical (unpaired) electrons. The number of primary amides is 1. The van der Waals surface area contributed by atoms with Gasteiger partial charge in [-0.05, 0) is 53.6 Å². The first-order chi connectivity index (χ1) is 5.95. The average molecular weight is 290 g/mol. The molecule has 1 amide bonds. The van der Waals surface area contributed by atoms with Crippen molar-refractivity contribution in [2.75, 3.05) is 5.73 Å². The van der Waals surface area contributed by atoms with Gasteiger partial charge in [0.25, 0.3) is 0 Å². The first-order valence-electron chi connectivity index (χ1n) is 3.80. The summed E-state index contributed by atoms with van der Waals surface area (Å²) in [6, 6.07) is 1.73. The summed E-state index contributed by atoms with van der Waals surface area (Å²) in [6.45, 7) is 3.71. The minimum Gasteiger partial charge on any atom is -0.398 e. The van der Waals surface area contributed by atoms with Crippen molar-refractivity contribution in [3.63, 3.8) is 0 Å². The van der Waals surface area contributed by atoms with E-state index in [1.54, 1.807) is 6.07 Å². The van der Waals surface area contributed by atoms with Crippen LogP contribution in [0.2, 0.25) is 0 Å². The minimum absolute atomic E-state index is 0.404. The Labute approximate surface area is 90.6 Å². The molecule has 0 fully saturated rings. The number of nitrogens with two attached hydrogens (primary N) is 2. The predicted molar refractivity (Wildman–Crippen MR) is 61.6 cm³/mol. The Morgan fingerprint density at radius 1 is 1.46 bits per heavy atom. The molecular formula is C9H11IN2O. The van der Waals surface area contributed by atoms with E-state index in [0.29, 0.717) is 5.56 Å². The lowest BCUT2D eigenvalue weighted by molar-refractivity contribution is 0.0999. The van der Waals surface area contributed by atoms with Crippen LogP contribution in [0.3, 0.4) is 0 Å². The zero-order chi connectivity index (χ0) is 10.2. The van der Waals surface area contributed by atoms with Crippen LogP contribution < -0.4 is 11.5 Å². The van der Waals surface area contributed by atoms with Crippen LogP contribution in [-0.4, -0.2) is 5.91 Å². The molecule has 0 aliphatic rings. The van der Waals surface area contributed by atoms with Gasteiger partial charge in [-0.2, -0.15) is 0 Å². The molecule has 0 bridgehead atoms. The molecule has 4 heteroatoms. The molecule has 13 heavy (non-hydrogen) atoms. The second-order valence-electron chi connectivity index (χ2n) is 2.96. The lowest BCUT2D eigenvalue weighted by atomic mass is 10.0. The third kappa shape index (κ3) is 1.77. The first-order valence-corrected chi connectivity index (χ1v) is 4.88. The molecule has 0 aliphatic heterocycles. The Kier molecular flexibility index (Phi) is 2.80. The zero-order valence-electron chi connectivity index (χ0n) is 7.52. The molecule has 0 aromatic heterocycles. The van der Waals surface area contributed by atoms with Gasteiger partial charge in [-0.25, -0.2) is 0 Å². The van der Waals surface area contributed by atoms with Crippen molar-refractivity contribution in [2.45, 2.75) is 13.8 Å². The van der Waals surface area contributed by atoms with Crippen molar-refractivity contribution in [3.05, 3.63) is 26.3 Å². The van der Waals surface area contributed by atoms with E-state index in [0.717, 1.165) is 20.4 Å². The van der Waals surface area contributed by atoms with Gasteiger partial charge >= 0.3 is 0 Å². The van der Waals surface area contributed by atoms with E-state index in [-0.39, 0.29) is 0 Å². The molecule has 0 aliphatic carbocycles. The average Bonchev–Trinajstić information content (AvgIpc) is 2.07. The Bertz CT molecular complexity index is 374. The van der Waals surface area contributed by atoms with E-state index in [9.17, 15) is 4.79 Å². The number of hydrogen-bond acceptors (Lipinski definition) is 2. The fraction of sp³-hybridized carbons (Fsp3) is 0.222. The van der Waals surface area contributed by atoms with Crippen molar-refractivity contribution in [2.24, 2.45) is 5.73 Å². The Balaban J connectivity index is 3.50. The number of rotatable bonds is 1. The number of aryl methyl sites for hydroxylation is 1. The zero-order valence-corrected chi connectivity index (χ0v) is 9.68. The van der Waals surface area contributed by atoms with Gasteiger partial charge in [0.2, 0.25) is 5.91 Å². The van der Waals surface area contributed by atoms with Gasteiger partial charge < -0.3 is 11.5 Å². The highest BCUT2D eigenvalue weighted by Gasteiger charge is 2.11. The van der Waals surface area contributed by atoms with Gasteiger partial charge in [-0.3, -0.25) is 4.79 Å². The number of carbonyl (C=O) groups is 1. The van der Waals surface area contributed by atoms with Gasteiger partial charge in [-0.15, -0.1) is 0 Å². The number of nitrogen functional groups attached to an aromatic ring is 1. The molecule has 70 valence electrons. The lowest BCUT2D eigenvalue weighted by Crippen LogP contribution is -2.14.